The number of carbonyl (C=O) groups excluding carboxylic acids is 1. The Hall–Kier alpha value is -0.830. The van der Waals surface area contributed by atoms with Gasteiger partial charge in [-0.15, -0.1) is 0 Å². The molecule has 3 N–H and O–H groups in total. The van der Waals surface area contributed by atoms with E-state index < -0.39 is 0 Å². The molecule has 0 radical (unpaired) electrons. The molecule has 3 nitrogen and oxygen atoms in total. The van der Waals surface area contributed by atoms with Crippen LogP contribution in [0.5, 0.6) is 0 Å². The molecule has 11 heavy (non-hydrogen) atoms. The van der Waals surface area contributed by atoms with Crippen LogP contribution in [0.15, 0.2) is 12.7 Å². The van der Waals surface area contributed by atoms with E-state index in [1.54, 1.807) is 0 Å². The van der Waals surface area contributed by atoms with Gasteiger partial charge in [0.05, 0.1) is 0 Å². The molecule has 0 saturated heterocycles. The molecule has 0 aliphatic rings. The van der Waals surface area contributed by atoms with E-state index in [1.165, 1.54) is 6.08 Å². The Morgan fingerprint density at radius 2 is 2.27 bits per heavy atom. The van der Waals surface area contributed by atoms with Crippen LogP contribution in [0.4, 0.5) is 0 Å². The molecular formula is C8H16N2O. The Labute approximate surface area is 67.7 Å². The van der Waals surface area contributed by atoms with Crippen molar-refractivity contribution in [3.05, 3.63) is 12.7 Å². The molecule has 0 atom stereocenters. The van der Waals surface area contributed by atoms with Crippen LogP contribution in [0.1, 0.15) is 20.3 Å². The molecule has 0 aromatic heterocycles. The first-order chi connectivity index (χ1) is 4.95. The topological polar surface area (TPSA) is 55.1 Å². The molecular weight excluding hydrogens is 140 g/mol. The molecule has 0 heterocycles. The van der Waals surface area contributed by atoms with E-state index in [-0.39, 0.29) is 11.4 Å². The molecule has 0 aromatic rings. The Morgan fingerprint density at radius 3 is 2.64 bits per heavy atom. The minimum absolute atomic E-state index is 0.144. The number of carbonyl (C=O) groups is 1. The highest BCUT2D eigenvalue weighted by atomic mass is 16.1. The molecule has 0 fully saturated rings. The second-order valence-corrected chi connectivity index (χ2v) is 3.23. The minimum atomic E-state index is -0.214. The standard InChI is InChI=1S/C8H16N2O/c1-4-7(11)10-6-5-8(2,3)9/h4H,1,5-6,9H2,2-3H3,(H,10,11). The fraction of sp³-hybridized carbons (Fsp3) is 0.625. The molecule has 1 amide bonds. The molecule has 3 heteroatoms. The van der Waals surface area contributed by atoms with Gasteiger partial charge in [0, 0.05) is 12.1 Å². The fourth-order valence-corrected chi connectivity index (χ4v) is 0.580. The van der Waals surface area contributed by atoms with Crippen LogP contribution in [0, 0.1) is 0 Å². The Balaban J connectivity index is 3.42. The van der Waals surface area contributed by atoms with E-state index >= 15 is 0 Å². The SMILES string of the molecule is C=CC(=O)NCCC(C)(C)N. The van der Waals surface area contributed by atoms with Crippen molar-refractivity contribution in [3.63, 3.8) is 0 Å². The molecule has 0 aromatic carbocycles. The van der Waals surface area contributed by atoms with Gasteiger partial charge in [-0.25, -0.2) is 0 Å². The summed E-state index contributed by atoms with van der Waals surface area (Å²) in [4.78, 5) is 10.6. The van der Waals surface area contributed by atoms with Crippen LogP contribution < -0.4 is 11.1 Å². The van der Waals surface area contributed by atoms with Crippen molar-refractivity contribution in [3.8, 4) is 0 Å². The van der Waals surface area contributed by atoms with Crippen molar-refractivity contribution in [2.45, 2.75) is 25.8 Å². The predicted octanol–water partition coefficient (Wildman–Crippen LogP) is 0.416. The van der Waals surface area contributed by atoms with Gasteiger partial charge < -0.3 is 11.1 Å². The predicted molar refractivity (Wildman–Crippen MR) is 46.1 cm³/mol. The highest BCUT2D eigenvalue weighted by Crippen LogP contribution is 2.00. The number of nitrogens with one attached hydrogen (secondary N) is 1. The quantitative estimate of drug-likeness (QED) is 0.579. The molecule has 0 aliphatic heterocycles. The van der Waals surface area contributed by atoms with E-state index in [2.05, 4.69) is 11.9 Å². The van der Waals surface area contributed by atoms with E-state index in [9.17, 15) is 4.79 Å². The zero-order valence-electron chi connectivity index (χ0n) is 7.18. The van der Waals surface area contributed by atoms with Crippen molar-refractivity contribution < 1.29 is 4.79 Å². The average Bonchev–Trinajstić information content (AvgIpc) is 1.85. The zero-order chi connectivity index (χ0) is 8.91. The summed E-state index contributed by atoms with van der Waals surface area (Å²) in [5.41, 5.74) is 5.47. The number of rotatable bonds is 4. The third kappa shape index (κ3) is 7.06. The first-order valence-electron chi connectivity index (χ1n) is 3.65. The second-order valence-electron chi connectivity index (χ2n) is 3.23. The van der Waals surface area contributed by atoms with Crippen LogP contribution in [0.25, 0.3) is 0 Å². The maximum atomic E-state index is 10.6. The van der Waals surface area contributed by atoms with Crippen LogP contribution in [0.3, 0.4) is 0 Å². The highest BCUT2D eigenvalue weighted by Gasteiger charge is 2.09. The van der Waals surface area contributed by atoms with Crippen LogP contribution >= 0.6 is 0 Å². The largest absolute Gasteiger partial charge is 0.353 e. The monoisotopic (exact) mass is 156 g/mol. The highest BCUT2D eigenvalue weighted by molar-refractivity contribution is 5.86. The van der Waals surface area contributed by atoms with E-state index in [4.69, 9.17) is 5.73 Å². The Kier molecular flexibility index (Phi) is 3.82. The molecule has 0 rings (SSSR count). The molecule has 64 valence electrons. The molecule has 0 aliphatic carbocycles. The second kappa shape index (κ2) is 4.13. The first kappa shape index (κ1) is 10.2. The summed E-state index contributed by atoms with van der Waals surface area (Å²) in [5.74, 6) is -0.144. The lowest BCUT2D eigenvalue weighted by Crippen LogP contribution is -2.36. The molecule has 0 unspecified atom stereocenters. The summed E-state index contributed by atoms with van der Waals surface area (Å²) in [6.07, 6.45) is 2.02. The van der Waals surface area contributed by atoms with E-state index in [0.29, 0.717) is 6.54 Å². The zero-order valence-corrected chi connectivity index (χ0v) is 7.18. The van der Waals surface area contributed by atoms with Crippen molar-refractivity contribution in [1.29, 1.82) is 0 Å². The lowest BCUT2D eigenvalue weighted by molar-refractivity contribution is -0.116. The van der Waals surface area contributed by atoms with Gasteiger partial charge >= 0.3 is 0 Å². The summed E-state index contributed by atoms with van der Waals surface area (Å²) in [7, 11) is 0. The van der Waals surface area contributed by atoms with Gasteiger partial charge in [0.15, 0.2) is 0 Å². The summed E-state index contributed by atoms with van der Waals surface area (Å²) in [5, 5.41) is 2.65. The van der Waals surface area contributed by atoms with Crippen molar-refractivity contribution >= 4 is 5.91 Å². The fourth-order valence-electron chi connectivity index (χ4n) is 0.580. The smallest absolute Gasteiger partial charge is 0.243 e. The van der Waals surface area contributed by atoms with E-state index in [1.807, 2.05) is 13.8 Å². The van der Waals surface area contributed by atoms with E-state index in [0.717, 1.165) is 6.42 Å². The molecule has 0 spiro atoms. The van der Waals surface area contributed by atoms with Gasteiger partial charge in [-0.3, -0.25) is 4.79 Å². The lowest BCUT2D eigenvalue weighted by Gasteiger charge is -2.17. The van der Waals surface area contributed by atoms with Crippen LogP contribution in [-0.4, -0.2) is 18.0 Å². The maximum absolute atomic E-state index is 10.6. The summed E-state index contributed by atoms with van der Waals surface area (Å²) in [6, 6.07) is 0. The number of hydrogen-bond acceptors (Lipinski definition) is 2. The van der Waals surface area contributed by atoms with Crippen molar-refractivity contribution in [1.82, 2.24) is 5.32 Å². The van der Waals surface area contributed by atoms with Gasteiger partial charge in [0.2, 0.25) is 5.91 Å². The number of amides is 1. The normalized spacial score (nSPS) is 10.8. The van der Waals surface area contributed by atoms with Crippen molar-refractivity contribution in [2.24, 2.45) is 5.73 Å². The first-order valence-corrected chi connectivity index (χ1v) is 3.65. The summed E-state index contributed by atoms with van der Waals surface area (Å²) >= 11 is 0. The summed E-state index contributed by atoms with van der Waals surface area (Å²) < 4.78 is 0. The number of nitrogens with two attached hydrogens (primary N) is 1. The van der Waals surface area contributed by atoms with Gasteiger partial charge in [-0.1, -0.05) is 6.58 Å². The Bertz CT molecular complexity index is 147. The van der Waals surface area contributed by atoms with Crippen molar-refractivity contribution in [2.75, 3.05) is 6.54 Å². The average molecular weight is 156 g/mol. The lowest BCUT2D eigenvalue weighted by atomic mass is 10.0. The minimum Gasteiger partial charge on any atom is -0.353 e. The van der Waals surface area contributed by atoms with Crippen LogP contribution in [-0.2, 0) is 4.79 Å². The number of hydrogen-bond donors (Lipinski definition) is 2. The summed E-state index contributed by atoms with van der Waals surface area (Å²) in [6.45, 7) is 7.79. The van der Waals surface area contributed by atoms with Crippen LogP contribution in [0.2, 0.25) is 0 Å². The third-order valence-corrected chi connectivity index (χ3v) is 1.25. The van der Waals surface area contributed by atoms with Gasteiger partial charge in [0.1, 0.15) is 0 Å². The van der Waals surface area contributed by atoms with Gasteiger partial charge in [-0.2, -0.15) is 0 Å². The molecule has 0 bridgehead atoms. The van der Waals surface area contributed by atoms with Gasteiger partial charge in [-0.05, 0) is 26.3 Å². The Morgan fingerprint density at radius 1 is 1.73 bits per heavy atom. The maximum Gasteiger partial charge on any atom is 0.243 e. The molecule has 0 saturated carbocycles. The third-order valence-electron chi connectivity index (χ3n) is 1.25. The van der Waals surface area contributed by atoms with Gasteiger partial charge in [0.25, 0.3) is 0 Å².